The Morgan fingerprint density at radius 1 is 0.629 bits per heavy atom. The Bertz CT molecular complexity index is 2710. The number of fused-ring (bicyclic) bond motifs is 2. The number of nitrogens with one attached hydrogen (secondary N) is 7. The van der Waals surface area contributed by atoms with Crippen molar-refractivity contribution in [2.45, 2.75) is 31.7 Å². The first-order chi connectivity index (χ1) is 34.0. The molecule has 4 heterocycles. The molecule has 0 spiro atoms. The van der Waals surface area contributed by atoms with Crippen molar-refractivity contribution in [1.29, 1.82) is 0 Å². The van der Waals surface area contributed by atoms with E-state index in [0.29, 0.717) is 59.4 Å². The Hall–Kier alpha value is -7.45. The number of aromatic nitrogens is 4. The smallest absolute Gasteiger partial charge is 0.275 e. The van der Waals surface area contributed by atoms with E-state index in [1.165, 1.54) is 49.0 Å². The second-order valence-electron chi connectivity index (χ2n) is 15.2. The zero-order valence-electron chi connectivity index (χ0n) is 38.4. The summed E-state index contributed by atoms with van der Waals surface area (Å²) in [4.78, 5) is 99.8. The maximum absolute atomic E-state index is 13.1. The van der Waals surface area contributed by atoms with E-state index >= 15 is 0 Å². The van der Waals surface area contributed by atoms with E-state index in [9.17, 15) is 33.6 Å². The number of imidazole rings is 2. The number of methoxy groups -OCH3 is 2. The minimum Gasteiger partial charge on any atom is -0.496 e. The van der Waals surface area contributed by atoms with Crippen LogP contribution in [0, 0.1) is 0 Å². The molecule has 1 atom stereocenters. The van der Waals surface area contributed by atoms with Crippen molar-refractivity contribution in [2.75, 3.05) is 84.0 Å². The molecule has 6 rings (SSSR count). The number of thiazole rings is 2. The van der Waals surface area contributed by atoms with E-state index < -0.39 is 35.6 Å². The number of rotatable bonds is 28. The summed E-state index contributed by atoms with van der Waals surface area (Å²) in [6.07, 6.45) is 8.60. The lowest BCUT2D eigenvalue weighted by Crippen LogP contribution is -2.48. The molecule has 7 amide bonds. The summed E-state index contributed by atoms with van der Waals surface area (Å²) in [5.74, 6) is -2.60. The minimum absolute atomic E-state index is 0.0277. The molecule has 70 heavy (non-hydrogen) atoms. The van der Waals surface area contributed by atoms with Crippen LogP contribution in [0.3, 0.4) is 0 Å². The van der Waals surface area contributed by atoms with Crippen LogP contribution < -0.4 is 52.4 Å². The van der Waals surface area contributed by atoms with Crippen LogP contribution in [0.2, 0.25) is 0 Å². The molecule has 0 fully saturated rings. The quantitative estimate of drug-likeness (QED) is 0.0327. The molecule has 0 saturated heterocycles. The van der Waals surface area contributed by atoms with E-state index in [0.717, 1.165) is 0 Å². The number of benzene rings is 2. The van der Waals surface area contributed by atoms with Crippen molar-refractivity contribution in [1.82, 2.24) is 45.4 Å². The van der Waals surface area contributed by atoms with Crippen LogP contribution in [0.4, 0.5) is 11.4 Å². The first-order valence-corrected chi connectivity index (χ1v) is 23.8. The minimum atomic E-state index is -0.880. The van der Waals surface area contributed by atoms with Gasteiger partial charge in [-0.2, -0.15) is 0 Å². The molecule has 23 nitrogen and oxygen atoms in total. The molecule has 0 radical (unpaired) electrons. The molecule has 6 aromatic rings. The van der Waals surface area contributed by atoms with Crippen molar-refractivity contribution in [3.05, 3.63) is 94.5 Å². The van der Waals surface area contributed by atoms with E-state index in [1.807, 2.05) is 10.8 Å². The fourth-order valence-corrected chi connectivity index (χ4v) is 8.08. The van der Waals surface area contributed by atoms with Crippen molar-refractivity contribution in [3.8, 4) is 11.5 Å². The van der Waals surface area contributed by atoms with Crippen LogP contribution in [0.5, 0.6) is 11.5 Å². The molecule has 0 unspecified atom stereocenters. The van der Waals surface area contributed by atoms with Crippen molar-refractivity contribution >= 4 is 85.3 Å². The Balaban J connectivity index is 0.850. The average molecular weight is 1000 g/mol. The Morgan fingerprint density at radius 2 is 1.14 bits per heavy atom. The van der Waals surface area contributed by atoms with E-state index in [1.54, 1.807) is 57.9 Å². The standard InChI is InChI=1S/C45H54N12O11S2/c1-65-35-9-7-28(51-42(63)33-24-56-16-20-69-44(56)54-33)22-30(35)39(60)49-14-18-67-26-37(58)47-12-4-3-6-32(41(62)48-13-5-11-46)53-38(59)27-68-19-15-50-40(61)31-23-29(8-10-36(31)66-2)52-43(64)34-25-57-17-21-70-45(57)55-34/h7-10,16-17,20-25,32H,3-6,11-15,18-19,26-27,46H2,1-2H3,(H,47,58)(H,48,62)(H,49,60)(H,50,61)(H,51,63)(H,52,64)(H,53,59)/t32-/m0/s1. The maximum atomic E-state index is 13.1. The summed E-state index contributed by atoms with van der Waals surface area (Å²) >= 11 is 2.79. The summed E-state index contributed by atoms with van der Waals surface area (Å²) in [6, 6.07) is 8.41. The zero-order valence-corrected chi connectivity index (χ0v) is 40.0. The fourth-order valence-electron chi connectivity index (χ4n) is 6.68. The molecule has 4 aromatic heterocycles. The largest absolute Gasteiger partial charge is 0.496 e. The second-order valence-corrected chi connectivity index (χ2v) is 16.9. The van der Waals surface area contributed by atoms with E-state index in [2.05, 4.69) is 47.2 Å². The van der Waals surface area contributed by atoms with Crippen LogP contribution >= 0.6 is 22.7 Å². The Kier molecular flexibility index (Phi) is 19.5. The highest BCUT2D eigenvalue weighted by Crippen LogP contribution is 2.25. The van der Waals surface area contributed by atoms with Gasteiger partial charge in [0.25, 0.3) is 23.6 Å². The molecule has 0 aliphatic heterocycles. The fraction of sp³-hybridized carbons (Fsp3) is 0.356. The molecule has 0 aliphatic rings. The molecule has 0 bridgehead atoms. The summed E-state index contributed by atoms with van der Waals surface area (Å²) in [5.41, 5.74) is 7.09. The zero-order chi connectivity index (χ0) is 49.8. The monoisotopic (exact) mass is 1000 g/mol. The Labute approximate surface area is 409 Å². The number of ether oxygens (including phenoxy) is 4. The van der Waals surface area contributed by atoms with E-state index in [4.69, 9.17) is 24.7 Å². The number of unbranched alkanes of at least 4 members (excludes halogenated alkanes) is 1. The third kappa shape index (κ3) is 15.0. The van der Waals surface area contributed by atoms with E-state index in [-0.39, 0.29) is 92.6 Å². The van der Waals surface area contributed by atoms with Gasteiger partial charge in [0.2, 0.25) is 17.7 Å². The topological polar surface area (TPSA) is 301 Å². The molecule has 2 aromatic carbocycles. The molecule has 9 N–H and O–H groups in total. The number of carbonyl (C=O) groups excluding carboxylic acids is 7. The van der Waals surface area contributed by atoms with Gasteiger partial charge in [0.15, 0.2) is 9.92 Å². The number of nitrogens with zero attached hydrogens (tertiary/aromatic N) is 4. The summed E-state index contributed by atoms with van der Waals surface area (Å²) in [6.45, 7) is 0.472. The number of nitrogens with two attached hydrogens (primary N) is 1. The van der Waals surface area contributed by atoms with Crippen molar-refractivity contribution in [3.63, 3.8) is 0 Å². The number of carbonyl (C=O) groups is 7. The normalized spacial score (nSPS) is 11.4. The van der Waals surface area contributed by atoms with Gasteiger partial charge in [-0.15, -0.1) is 22.7 Å². The van der Waals surface area contributed by atoms with Crippen LogP contribution in [0.15, 0.2) is 71.9 Å². The molecular formula is C45H54N12O11S2. The van der Waals surface area contributed by atoms with Crippen LogP contribution in [-0.4, -0.2) is 140 Å². The van der Waals surface area contributed by atoms with Gasteiger partial charge in [-0.1, -0.05) is 0 Å². The van der Waals surface area contributed by atoms with Gasteiger partial charge >= 0.3 is 0 Å². The highest BCUT2D eigenvalue weighted by Gasteiger charge is 2.22. The first kappa shape index (κ1) is 51.9. The molecule has 0 aliphatic carbocycles. The lowest BCUT2D eigenvalue weighted by Gasteiger charge is -2.19. The predicted molar refractivity (Wildman–Crippen MR) is 260 cm³/mol. The summed E-state index contributed by atoms with van der Waals surface area (Å²) in [5, 5.41) is 22.8. The lowest BCUT2D eigenvalue weighted by atomic mass is 10.1. The number of anilines is 2. The predicted octanol–water partition coefficient (Wildman–Crippen LogP) is 2.06. The Morgan fingerprint density at radius 3 is 1.64 bits per heavy atom. The third-order valence-corrected chi connectivity index (χ3v) is 11.7. The van der Waals surface area contributed by atoms with Gasteiger partial charge in [-0.3, -0.25) is 42.4 Å². The van der Waals surface area contributed by atoms with Gasteiger partial charge in [0, 0.05) is 73.1 Å². The lowest BCUT2D eigenvalue weighted by molar-refractivity contribution is -0.131. The molecule has 25 heteroatoms. The SMILES string of the molecule is COc1ccc(NC(=O)c2cn3ccsc3n2)cc1C(=O)NCCOCC(=O)NCCCC[C@H](NC(=O)COCCNC(=O)c1cc(NC(=O)c2cn3ccsc3n2)ccc1OC)C(=O)NCCCN. The van der Waals surface area contributed by atoms with Crippen LogP contribution in [0.1, 0.15) is 67.4 Å². The molecule has 0 saturated carbocycles. The van der Waals surface area contributed by atoms with Crippen LogP contribution in [-0.2, 0) is 23.9 Å². The maximum Gasteiger partial charge on any atom is 0.275 e. The molecular weight excluding hydrogens is 949 g/mol. The van der Waals surface area contributed by atoms with Gasteiger partial charge in [-0.25, -0.2) is 9.97 Å². The number of amides is 7. The average Bonchev–Trinajstić information content (AvgIpc) is 4.17. The van der Waals surface area contributed by atoms with Gasteiger partial charge in [0.05, 0.1) is 38.6 Å². The first-order valence-electron chi connectivity index (χ1n) is 22.0. The second kappa shape index (κ2) is 26.3. The number of hydrogen-bond donors (Lipinski definition) is 8. The van der Waals surface area contributed by atoms with Crippen molar-refractivity contribution in [2.24, 2.45) is 5.73 Å². The van der Waals surface area contributed by atoms with Crippen molar-refractivity contribution < 1.29 is 52.5 Å². The van der Waals surface area contributed by atoms with Gasteiger partial charge in [0.1, 0.15) is 42.1 Å². The highest BCUT2D eigenvalue weighted by atomic mass is 32.1. The van der Waals surface area contributed by atoms with Gasteiger partial charge in [-0.05, 0) is 68.6 Å². The molecule has 372 valence electrons. The third-order valence-electron chi connectivity index (χ3n) is 10.2. The van der Waals surface area contributed by atoms with Gasteiger partial charge < -0.3 is 61.9 Å². The highest BCUT2D eigenvalue weighted by molar-refractivity contribution is 7.15. The number of hydrogen-bond acceptors (Lipinski definition) is 16. The summed E-state index contributed by atoms with van der Waals surface area (Å²) < 4.78 is 25.1. The van der Waals surface area contributed by atoms with Crippen LogP contribution in [0.25, 0.3) is 9.92 Å². The summed E-state index contributed by atoms with van der Waals surface area (Å²) in [7, 11) is 2.84.